The van der Waals surface area contributed by atoms with Crippen molar-refractivity contribution < 1.29 is 4.79 Å². The molecule has 102 valence electrons. The number of anilines is 1. The number of rotatable bonds is 6. The second-order valence-corrected chi connectivity index (χ2v) is 5.91. The standard InChI is InChI=1S/C12H22N4OS/c1-9(2)7-16(6-5-15(3)4)11(17)10-8-18-12(13)14-10/h8-9H,5-7H2,1-4H3,(H2,13,14). The van der Waals surface area contributed by atoms with Crippen LogP contribution in [0, 0.1) is 5.92 Å². The second-order valence-electron chi connectivity index (χ2n) is 5.02. The Kier molecular flexibility index (Phi) is 5.55. The summed E-state index contributed by atoms with van der Waals surface area (Å²) in [6.07, 6.45) is 0. The maximum atomic E-state index is 12.3. The van der Waals surface area contributed by atoms with Crippen LogP contribution in [0.2, 0.25) is 0 Å². The van der Waals surface area contributed by atoms with Crippen LogP contribution in [0.5, 0.6) is 0 Å². The van der Waals surface area contributed by atoms with Crippen LogP contribution in [0.25, 0.3) is 0 Å². The third-order valence-corrected chi connectivity index (χ3v) is 3.10. The molecule has 1 aromatic heterocycles. The van der Waals surface area contributed by atoms with Gasteiger partial charge >= 0.3 is 0 Å². The highest BCUT2D eigenvalue weighted by atomic mass is 32.1. The van der Waals surface area contributed by atoms with Gasteiger partial charge in [0, 0.05) is 25.0 Å². The van der Waals surface area contributed by atoms with Crippen molar-refractivity contribution in [2.24, 2.45) is 5.92 Å². The third-order valence-electron chi connectivity index (χ3n) is 2.43. The number of likely N-dealkylation sites (N-methyl/N-ethyl adjacent to an activating group) is 1. The van der Waals surface area contributed by atoms with Crippen LogP contribution in [0.1, 0.15) is 24.3 Å². The summed E-state index contributed by atoms with van der Waals surface area (Å²) in [4.78, 5) is 20.3. The van der Waals surface area contributed by atoms with Gasteiger partial charge in [-0.2, -0.15) is 0 Å². The largest absolute Gasteiger partial charge is 0.375 e. The van der Waals surface area contributed by atoms with E-state index in [2.05, 4.69) is 23.7 Å². The SMILES string of the molecule is CC(C)CN(CCN(C)C)C(=O)c1csc(N)n1. The van der Waals surface area contributed by atoms with E-state index in [1.54, 1.807) is 5.38 Å². The minimum Gasteiger partial charge on any atom is -0.375 e. The van der Waals surface area contributed by atoms with Crippen LogP contribution in [-0.4, -0.2) is 54.4 Å². The molecule has 5 nitrogen and oxygen atoms in total. The fourth-order valence-electron chi connectivity index (χ4n) is 1.59. The van der Waals surface area contributed by atoms with Crippen molar-refractivity contribution in [3.8, 4) is 0 Å². The van der Waals surface area contributed by atoms with Crippen LogP contribution in [-0.2, 0) is 0 Å². The first-order valence-electron chi connectivity index (χ1n) is 6.05. The second kappa shape index (κ2) is 6.70. The van der Waals surface area contributed by atoms with E-state index in [1.165, 1.54) is 11.3 Å². The molecule has 0 unspecified atom stereocenters. The van der Waals surface area contributed by atoms with E-state index < -0.39 is 0 Å². The zero-order valence-corrected chi connectivity index (χ0v) is 12.3. The maximum absolute atomic E-state index is 12.3. The maximum Gasteiger partial charge on any atom is 0.273 e. The average Bonchev–Trinajstić information content (AvgIpc) is 2.69. The number of hydrogen-bond acceptors (Lipinski definition) is 5. The Morgan fingerprint density at radius 2 is 2.11 bits per heavy atom. The van der Waals surface area contributed by atoms with Gasteiger partial charge in [0.25, 0.3) is 5.91 Å². The van der Waals surface area contributed by atoms with Crippen molar-refractivity contribution in [1.82, 2.24) is 14.8 Å². The van der Waals surface area contributed by atoms with Crippen molar-refractivity contribution in [3.63, 3.8) is 0 Å². The zero-order chi connectivity index (χ0) is 13.7. The minimum atomic E-state index is -0.0292. The number of nitrogens with two attached hydrogens (primary N) is 1. The van der Waals surface area contributed by atoms with Gasteiger partial charge in [0.15, 0.2) is 5.13 Å². The fraction of sp³-hybridized carbons (Fsp3) is 0.667. The summed E-state index contributed by atoms with van der Waals surface area (Å²) in [6.45, 7) is 6.50. The van der Waals surface area contributed by atoms with E-state index in [0.717, 1.165) is 13.1 Å². The number of nitrogens with zero attached hydrogens (tertiary/aromatic N) is 3. The zero-order valence-electron chi connectivity index (χ0n) is 11.5. The van der Waals surface area contributed by atoms with Crippen molar-refractivity contribution >= 4 is 22.4 Å². The number of amides is 1. The van der Waals surface area contributed by atoms with E-state index in [-0.39, 0.29) is 5.91 Å². The van der Waals surface area contributed by atoms with Gasteiger partial charge in [-0.25, -0.2) is 4.98 Å². The summed E-state index contributed by atoms with van der Waals surface area (Å²) >= 11 is 1.30. The van der Waals surface area contributed by atoms with E-state index in [4.69, 9.17) is 5.73 Å². The smallest absolute Gasteiger partial charge is 0.273 e. The van der Waals surface area contributed by atoms with Crippen LogP contribution in [0.4, 0.5) is 5.13 Å². The predicted molar refractivity (Wildman–Crippen MR) is 75.8 cm³/mol. The molecule has 1 amide bonds. The molecule has 0 bridgehead atoms. The number of carbonyl (C=O) groups excluding carboxylic acids is 1. The van der Waals surface area contributed by atoms with Crippen LogP contribution < -0.4 is 5.73 Å². The Labute approximate surface area is 113 Å². The molecule has 0 aliphatic carbocycles. The first kappa shape index (κ1) is 14.9. The van der Waals surface area contributed by atoms with Gasteiger partial charge in [0.05, 0.1) is 0 Å². The summed E-state index contributed by atoms with van der Waals surface area (Å²) in [5.41, 5.74) is 6.02. The summed E-state index contributed by atoms with van der Waals surface area (Å²) in [6, 6.07) is 0. The Bertz CT molecular complexity index is 389. The molecule has 1 rings (SSSR count). The van der Waals surface area contributed by atoms with Crippen molar-refractivity contribution in [3.05, 3.63) is 11.1 Å². The summed E-state index contributed by atoms with van der Waals surface area (Å²) < 4.78 is 0. The molecular formula is C12H22N4OS. The molecule has 0 aromatic carbocycles. The van der Waals surface area contributed by atoms with E-state index in [0.29, 0.717) is 23.3 Å². The highest BCUT2D eigenvalue weighted by molar-refractivity contribution is 7.13. The van der Waals surface area contributed by atoms with Gasteiger partial charge < -0.3 is 15.5 Å². The lowest BCUT2D eigenvalue weighted by atomic mass is 10.2. The summed E-state index contributed by atoms with van der Waals surface area (Å²) in [5.74, 6) is 0.408. The summed E-state index contributed by atoms with van der Waals surface area (Å²) in [7, 11) is 4.00. The fourth-order valence-corrected chi connectivity index (χ4v) is 2.12. The molecule has 0 radical (unpaired) electrons. The van der Waals surface area contributed by atoms with Crippen molar-refractivity contribution in [1.29, 1.82) is 0 Å². The highest BCUT2D eigenvalue weighted by Gasteiger charge is 2.19. The number of aromatic nitrogens is 1. The molecule has 2 N–H and O–H groups in total. The molecule has 18 heavy (non-hydrogen) atoms. The molecule has 0 atom stereocenters. The highest BCUT2D eigenvalue weighted by Crippen LogP contribution is 2.14. The molecule has 1 heterocycles. The Morgan fingerprint density at radius 1 is 1.44 bits per heavy atom. The van der Waals surface area contributed by atoms with Gasteiger partial charge in [-0.3, -0.25) is 4.79 Å². The van der Waals surface area contributed by atoms with Crippen LogP contribution in [0.3, 0.4) is 0 Å². The van der Waals surface area contributed by atoms with Gasteiger partial charge in [-0.15, -0.1) is 11.3 Å². The van der Waals surface area contributed by atoms with E-state index in [9.17, 15) is 4.79 Å². The Morgan fingerprint density at radius 3 is 2.56 bits per heavy atom. The topological polar surface area (TPSA) is 62.5 Å². The van der Waals surface area contributed by atoms with Gasteiger partial charge in [0.1, 0.15) is 5.69 Å². The quantitative estimate of drug-likeness (QED) is 0.848. The van der Waals surface area contributed by atoms with Crippen molar-refractivity contribution in [2.75, 3.05) is 39.5 Å². The number of nitrogen functional groups attached to an aromatic ring is 1. The monoisotopic (exact) mass is 270 g/mol. The Balaban J connectivity index is 2.72. The lowest BCUT2D eigenvalue weighted by Crippen LogP contribution is -2.39. The molecule has 0 aliphatic rings. The number of thiazole rings is 1. The lowest BCUT2D eigenvalue weighted by molar-refractivity contribution is 0.0719. The normalized spacial score (nSPS) is 11.2. The molecule has 6 heteroatoms. The Hall–Kier alpha value is -1.14. The molecule has 1 aromatic rings. The average molecular weight is 270 g/mol. The van der Waals surface area contributed by atoms with Gasteiger partial charge in [-0.05, 0) is 20.0 Å². The number of hydrogen-bond donors (Lipinski definition) is 1. The predicted octanol–water partition coefficient (Wildman–Crippen LogP) is 1.39. The molecule has 0 saturated heterocycles. The molecule has 0 spiro atoms. The third kappa shape index (κ3) is 4.62. The minimum absolute atomic E-state index is 0.0292. The number of carbonyl (C=O) groups is 1. The lowest BCUT2D eigenvalue weighted by Gasteiger charge is -2.25. The van der Waals surface area contributed by atoms with Crippen molar-refractivity contribution in [2.45, 2.75) is 13.8 Å². The van der Waals surface area contributed by atoms with E-state index >= 15 is 0 Å². The van der Waals surface area contributed by atoms with Crippen LogP contribution >= 0.6 is 11.3 Å². The van der Waals surface area contributed by atoms with Crippen LogP contribution in [0.15, 0.2) is 5.38 Å². The summed E-state index contributed by atoms with van der Waals surface area (Å²) in [5, 5.41) is 2.16. The first-order chi connectivity index (χ1) is 8.40. The molecular weight excluding hydrogens is 248 g/mol. The molecule has 0 saturated carbocycles. The van der Waals surface area contributed by atoms with Gasteiger partial charge in [-0.1, -0.05) is 13.8 Å². The molecule has 0 aliphatic heterocycles. The van der Waals surface area contributed by atoms with E-state index in [1.807, 2.05) is 19.0 Å². The van der Waals surface area contributed by atoms with Gasteiger partial charge in [0.2, 0.25) is 0 Å². The first-order valence-corrected chi connectivity index (χ1v) is 6.93. The molecule has 0 fully saturated rings.